The number of piperazine rings is 1. The summed E-state index contributed by atoms with van der Waals surface area (Å²) in [6, 6.07) is 12.2. The van der Waals surface area contributed by atoms with Crippen LogP contribution in [0.3, 0.4) is 0 Å². The van der Waals surface area contributed by atoms with Crippen LogP contribution in [-0.4, -0.2) is 37.1 Å². The van der Waals surface area contributed by atoms with E-state index in [1.165, 1.54) is 6.07 Å². The van der Waals surface area contributed by atoms with Gasteiger partial charge in [-0.25, -0.2) is 9.18 Å². The third kappa shape index (κ3) is 4.04. The molecule has 4 nitrogen and oxygen atoms in total. The predicted octanol–water partition coefficient (Wildman–Crippen LogP) is 3.82. The van der Waals surface area contributed by atoms with Gasteiger partial charge in [0.1, 0.15) is 5.82 Å². The molecule has 3 rings (SSSR count). The van der Waals surface area contributed by atoms with Crippen LogP contribution in [0.5, 0.6) is 0 Å². The monoisotopic (exact) mass is 361 g/mol. The van der Waals surface area contributed by atoms with Crippen LogP contribution >= 0.6 is 11.6 Å². The summed E-state index contributed by atoms with van der Waals surface area (Å²) < 4.78 is 13.6. The molecule has 0 aliphatic carbocycles. The molecule has 25 heavy (non-hydrogen) atoms. The van der Waals surface area contributed by atoms with Gasteiger partial charge in [-0.2, -0.15) is 0 Å². The molecule has 1 heterocycles. The molecule has 1 fully saturated rings. The molecule has 0 saturated carbocycles. The topological polar surface area (TPSA) is 35.6 Å². The minimum Gasteiger partial charge on any atom is -0.368 e. The highest BCUT2D eigenvalue weighted by Gasteiger charge is 2.22. The van der Waals surface area contributed by atoms with Crippen molar-refractivity contribution in [3.63, 3.8) is 0 Å². The fourth-order valence-electron chi connectivity index (χ4n) is 3.01. The molecule has 132 valence electrons. The second-order valence-corrected chi connectivity index (χ2v) is 6.52. The van der Waals surface area contributed by atoms with Crippen molar-refractivity contribution in [2.75, 3.05) is 31.1 Å². The van der Waals surface area contributed by atoms with Crippen molar-refractivity contribution in [3.8, 4) is 0 Å². The molecule has 0 aromatic heterocycles. The van der Waals surface area contributed by atoms with Gasteiger partial charge in [0.05, 0.1) is 0 Å². The number of carbonyl (C=O) groups excluding carboxylic acids is 1. The zero-order valence-corrected chi connectivity index (χ0v) is 14.9. The number of anilines is 1. The molecule has 0 unspecified atom stereocenters. The van der Waals surface area contributed by atoms with Crippen molar-refractivity contribution in [2.24, 2.45) is 0 Å². The molecule has 2 aromatic rings. The Morgan fingerprint density at radius 2 is 1.84 bits per heavy atom. The van der Waals surface area contributed by atoms with Gasteiger partial charge < -0.3 is 15.1 Å². The minimum absolute atomic E-state index is 0.161. The number of nitrogens with one attached hydrogen (secondary N) is 1. The predicted molar refractivity (Wildman–Crippen MR) is 98.6 cm³/mol. The van der Waals surface area contributed by atoms with E-state index < -0.39 is 0 Å². The number of urea groups is 1. The first kappa shape index (κ1) is 17.5. The quantitative estimate of drug-likeness (QED) is 0.902. The van der Waals surface area contributed by atoms with Gasteiger partial charge >= 0.3 is 6.03 Å². The Kier molecular flexibility index (Phi) is 5.43. The number of benzene rings is 2. The average molecular weight is 362 g/mol. The van der Waals surface area contributed by atoms with Crippen LogP contribution in [0.2, 0.25) is 5.02 Å². The van der Waals surface area contributed by atoms with Crippen molar-refractivity contribution in [1.82, 2.24) is 10.2 Å². The van der Waals surface area contributed by atoms with Gasteiger partial charge in [0.25, 0.3) is 0 Å². The van der Waals surface area contributed by atoms with Gasteiger partial charge in [0, 0.05) is 49.0 Å². The van der Waals surface area contributed by atoms with Crippen LogP contribution < -0.4 is 10.2 Å². The summed E-state index contributed by atoms with van der Waals surface area (Å²) in [5.74, 6) is -0.302. The van der Waals surface area contributed by atoms with Crippen molar-refractivity contribution in [3.05, 3.63) is 64.4 Å². The lowest BCUT2D eigenvalue weighted by Crippen LogP contribution is -2.51. The van der Waals surface area contributed by atoms with E-state index in [0.717, 1.165) is 29.4 Å². The van der Waals surface area contributed by atoms with E-state index in [4.69, 9.17) is 11.6 Å². The Hall–Kier alpha value is -2.27. The zero-order chi connectivity index (χ0) is 17.8. The summed E-state index contributed by atoms with van der Waals surface area (Å²) in [5.41, 5.74) is 2.66. The van der Waals surface area contributed by atoms with Gasteiger partial charge in [-0.15, -0.1) is 0 Å². The van der Waals surface area contributed by atoms with E-state index in [9.17, 15) is 9.18 Å². The molecule has 1 saturated heterocycles. The molecule has 0 spiro atoms. The normalized spacial score (nSPS) is 14.5. The highest BCUT2D eigenvalue weighted by atomic mass is 35.5. The number of carbonyl (C=O) groups is 1. The van der Waals surface area contributed by atoms with Crippen molar-refractivity contribution >= 4 is 23.3 Å². The fraction of sp³-hybridized carbons (Fsp3) is 0.316. The molecule has 1 aliphatic rings. The molecule has 0 radical (unpaired) electrons. The van der Waals surface area contributed by atoms with Crippen molar-refractivity contribution < 1.29 is 9.18 Å². The summed E-state index contributed by atoms with van der Waals surface area (Å²) in [7, 11) is 0. The summed E-state index contributed by atoms with van der Waals surface area (Å²) in [4.78, 5) is 16.3. The maximum absolute atomic E-state index is 13.6. The van der Waals surface area contributed by atoms with Crippen LogP contribution in [0.4, 0.5) is 14.9 Å². The standard InChI is InChI=1S/C19H21ClFN3O/c1-14-16(20)6-4-8-18(14)23-9-11-24(12-10-23)19(25)22-13-15-5-2-3-7-17(15)21/h2-8H,9-13H2,1H3,(H,22,25). The van der Waals surface area contributed by atoms with E-state index in [0.29, 0.717) is 18.7 Å². The molecule has 0 atom stereocenters. The van der Waals surface area contributed by atoms with Gasteiger partial charge in [-0.05, 0) is 30.7 Å². The number of nitrogens with zero attached hydrogens (tertiary/aromatic N) is 2. The van der Waals surface area contributed by atoms with Crippen LogP contribution in [-0.2, 0) is 6.54 Å². The van der Waals surface area contributed by atoms with E-state index in [1.807, 2.05) is 19.1 Å². The molecule has 1 aliphatic heterocycles. The third-order valence-corrected chi connectivity index (χ3v) is 4.94. The summed E-state index contributed by atoms with van der Waals surface area (Å²) >= 11 is 6.19. The molecular weight excluding hydrogens is 341 g/mol. The molecule has 2 amide bonds. The maximum atomic E-state index is 13.6. The van der Waals surface area contributed by atoms with Gasteiger partial charge in [-0.3, -0.25) is 0 Å². The second kappa shape index (κ2) is 7.74. The first-order valence-corrected chi connectivity index (χ1v) is 8.70. The van der Waals surface area contributed by atoms with Crippen molar-refractivity contribution in [1.29, 1.82) is 0 Å². The van der Waals surface area contributed by atoms with Crippen LogP contribution in [0.15, 0.2) is 42.5 Å². The fourth-order valence-corrected chi connectivity index (χ4v) is 3.18. The zero-order valence-electron chi connectivity index (χ0n) is 14.1. The highest BCUT2D eigenvalue weighted by molar-refractivity contribution is 6.31. The average Bonchev–Trinajstić information content (AvgIpc) is 2.63. The number of rotatable bonds is 3. The Labute approximate surface area is 152 Å². The lowest BCUT2D eigenvalue weighted by Gasteiger charge is -2.36. The number of amides is 2. The Morgan fingerprint density at radius 3 is 2.56 bits per heavy atom. The molecule has 2 aromatic carbocycles. The SMILES string of the molecule is Cc1c(Cl)cccc1N1CCN(C(=O)NCc2ccccc2F)CC1. The Morgan fingerprint density at radius 1 is 1.12 bits per heavy atom. The molecular formula is C19H21ClFN3O. The van der Waals surface area contributed by atoms with Crippen LogP contribution in [0.25, 0.3) is 0 Å². The first-order valence-electron chi connectivity index (χ1n) is 8.32. The first-order chi connectivity index (χ1) is 12.1. The lowest BCUT2D eigenvalue weighted by atomic mass is 10.1. The van der Waals surface area contributed by atoms with E-state index in [1.54, 1.807) is 23.1 Å². The second-order valence-electron chi connectivity index (χ2n) is 6.11. The molecule has 1 N–H and O–H groups in total. The van der Waals surface area contributed by atoms with Crippen LogP contribution in [0, 0.1) is 12.7 Å². The smallest absolute Gasteiger partial charge is 0.317 e. The van der Waals surface area contributed by atoms with Gasteiger partial charge in [-0.1, -0.05) is 35.9 Å². The summed E-state index contributed by atoms with van der Waals surface area (Å²) in [5, 5.41) is 3.54. The summed E-state index contributed by atoms with van der Waals surface area (Å²) in [6.07, 6.45) is 0. The van der Waals surface area contributed by atoms with E-state index >= 15 is 0 Å². The van der Waals surface area contributed by atoms with Crippen molar-refractivity contribution in [2.45, 2.75) is 13.5 Å². The number of hydrogen-bond acceptors (Lipinski definition) is 2. The molecule has 6 heteroatoms. The van der Waals surface area contributed by atoms with Gasteiger partial charge in [0.15, 0.2) is 0 Å². The maximum Gasteiger partial charge on any atom is 0.317 e. The lowest BCUT2D eigenvalue weighted by molar-refractivity contribution is 0.194. The number of hydrogen-bond donors (Lipinski definition) is 1. The third-order valence-electron chi connectivity index (χ3n) is 4.53. The Bertz CT molecular complexity index is 760. The number of halogens is 2. The minimum atomic E-state index is -0.302. The molecule has 0 bridgehead atoms. The van der Waals surface area contributed by atoms with Crippen LogP contribution in [0.1, 0.15) is 11.1 Å². The Balaban J connectivity index is 1.54. The highest BCUT2D eigenvalue weighted by Crippen LogP contribution is 2.27. The largest absolute Gasteiger partial charge is 0.368 e. The van der Waals surface area contributed by atoms with E-state index in [2.05, 4.69) is 16.3 Å². The summed E-state index contributed by atoms with van der Waals surface area (Å²) in [6.45, 7) is 4.93. The van der Waals surface area contributed by atoms with Gasteiger partial charge in [0.2, 0.25) is 0 Å². The van der Waals surface area contributed by atoms with E-state index in [-0.39, 0.29) is 18.4 Å².